The monoisotopic (exact) mass is 415 g/mol. The summed E-state index contributed by atoms with van der Waals surface area (Å²) in [5, 5.41) is 10.9. The summed E-state index contributed by atoms with van der Waals surface area (Å²) in [5.74, 6) is 0.250. The lowest BCUT2D eigenvalue weighted by Gasteiger charge is -2.28. The van der Waals surface area contributed by atoms with Gasteiger partial charge in [-0.1, -0.05) is 18.0 Å². The van der Waals surface area contributed by atoms with E-state index in [1.807, 2.05) is 16.9 Å². The van der Waals surface area contributed by atoms with Crippen molar-refractivity contribution in [1.82, 2.24) is 20.1 Å². The second-order valence-corrected chi connectivity index (χ2v) is 8.39. The van der Waals surface area contributed by atoms with Crippen LogP contribution in [0, 0.1) is 5.92 Å². The molecule has 1 saturated carbocycles. The van der Waals surface area contributed by atoms with Crippen LogP contribution < -0.4 is 10.6 Å². The molecule has 0 aromatic carbocycles. The number of hydrogen-bond donors (Lipinski definition) is 2. The van der Waals surface area contributed by atoms with E-state index in [-0.39, 0.29) is 23.8 Å². The van der Waals surface area contributed by atoms with Crippen molar-refractivity contribution >= 4 is 29.2 Å². The summed E-state index contributed by atoms with van der Waals surface area (Å²) in [4.78, 5) is 28.4. The summed E-state index contributed by atoms with van der Waals surface area (Å²) < 4.78 is 2.04. The number of pyridine rings is 1. The molecule has 2 aliphatic rings. The van der Waals surface area contributed by atoms with E-state index < -0.39 is 0 Å². The molecule has 0 radical (unpaired) electrons. The Bertz CT molecular complexity index is 926. The highest BCUT2D eigenvalue weighted by Crippen LogP contribution is 2.34. The van der Waals surface area contributed by atoms with Crippen molar-refractivity contribution in [3.05, 3.63) is 29.2 Å². The van der Waals surface area contributed by atoms with Crippen LogP contribution in [0.15, 0.2) is 18.5 Å². The molecule has 3 heterocycles. The zero-order valence-electron chi connectivity index (χ0n) is 16.6. The van der Waals surface area contributed by atoms with Gasteiger partial charge in [-0.05, 0) is 44.6 Å². The molecule has 4 rings (SSSR count). The Kier molecular flexibility index (Phi) is 5.85. The van der Waals surface area contributed by atoms with Crippen LogP contribution in [0.25, 0.3) is 11.1 Å². The molecule has 2 aromatic heterocycles. The molecule has 0 saturated heterocycles. The summed E-state index contributed by atoms with van der Waals surface area (Å²) in [5.41, 5.74) is 3.04. The van der Waals surface area contributed by atoms with Crippen molar-refractivity contribution in [1.29, 1.82) is 0 Å². The topological polar surface area (TPSA) is 88.9 Å². The number of carbonyl (C=O) groups is 2. The Morgan fingerprint density at radius 1 is 1.17 bits per heavy atom. The van der Waals surface area contributed by atoms with Crippen LogP contribution in [0.5, 0.6) is 0 Å². The van der Waals surface area contributed by atoms with Crippen molar-refractivity contribution < 1.29 is 9.59 Å². The summed E-state index contributed by atoms with van der Waals surface area (Å²) in [6.45, 7) is 2.44. The number of nitrogens with one attached hydrogen (secondary N) is 2. The van der Waals surface area contributed by atoms with Crippen molar-refractivity contribution in [2.75, 3.05) is 5.32 Å². The second kappa shape index (κ2) is 8.53. The van der Waals surface area contributed by atoms with E-state index >= 15 is 0 Å². The van der Waals surface area contributed by atoms with Crippen LogP contribution in [0.3, 0.4) is 0 Å². The summed E-state index contributed by atoms with van der Waals surface area (Å²) in [6, 6.07) is 1.89. The van der Waals surface area contributed by atoms with E-state index in [0.29, 0.717) is 17.3 Å². The normalized spacial score (nSPS) is 21.3. The first-order chi connectivity index (χ1) is 14.0. The smallest absolute Gasteiger partial charge is 0.228 e. The van der Waals surface area contributed by atoms with Gasteiger partial charge in [0.1, 0.15) is 5.82 Å². The van der Waals surface area contributed by atoms with E-state index in [1.54, 1.807) is 6.20 Å². The minimum absolute atomic E-state index is 0.0513. The number of fused-ring (bicyclic) bond motifs is 1. The van der Waals surface area contributed by atoms with E-state index in [4.69, 9.17) is 11.6 Å². The van der Waals surface area contributed by atoms with Crippen LogP contribution in [-0.2, 0) is 22.6 Å². The van der Waals surface area contributed by atoms with Crippen molar-refractivity contribution in [3.63, 3.8) is 0 Å². The quantitative estimate of drug-likeness (QED) is 0.798. The highest BCUT2D eigenvalue weighted by Gasteiger charge is 2.28. The SMILES string of the molecule is CC(=O)N[C@@H]1CCC[C@H](C(=O)Nc2cc(-c3cnn4c3CCCC4)c(Cl)cn2)C1. The van der Waals surface area contributed by atoms with Crippen LogP contribution in [0.1, 0.15) is 51.1 Å². The number of anilines is 1. The standard InChI is InChI=1S/C21H26ClN5O2/c1-13(28)25-15-6-4-5-14(9-15)21(29)26-20-10-16(18(22)12-23-20)17-11-24-27-8-3-2-7-19(17)27/h10-12,14-15H,2-9H2,1H3,(H,25,28)(H,23,26,29)/t14-,15+/m0/s1. The lowest BCUT2D eigenvalue weighted by Crippen LogP contribution is -2.40. The number of halogens is 1. The molecule has 1 aliphatic carbocycles. The summed E-state index contributed by atoms with van der Waals surface area (Å²) >= 11 is 6.43. The number of rotatable bonds is 4. The summed E-state index contributed by atoms with van der Waals surface area (Å²) in [6.07, 6.45) is 10.0. The molecule has 2 atom stereocenters. The van der Waals surface area contributed by atoms with Crippen LogP contribution in [-0.4, -0.2) is 32.6 Å². The molecule has 1 aliphatic heterocycles. The Morgan fingerprint density at radius 3 is 2.86 bits per heavy atom. The van der Waals surface area contributed by atoms with Gasteiger partial charge in [-0.15, -0.1) is 0 Å². The molecular formula is C21H26ClN5O2. The highest BCUT2D eigenvalue weighted by molar-refractivity contribution is 6.33. The van der Waals surface area contributed by atoms with Gasteiger partial charge in [-0.25, -0.2) is 4.98 Å². The fourth-order valence-electron chi connectivity index (χ4n) is 4.43. The number of hydrogen-bond acceptors (Lipinski definition) is 4. The Balaban J connectivity index is 1.50. The Hall–Kier alpha value is -2.41. The predicted molar refractivity (Wildman–Crippen MR) is 112 cm³/mol. The molecule has 2 amide bonds. The van der Waals surface area contributed by atoms with Crippen molar-refractivity contribution in [2.24, 2.45) is 5.92 Å². The second-order valence-electron chi connectivity index (χ2n) is 7.98. The van der Waals surface area contributed by atoms with Crippen molar-refractivity contribution in [3.8, 4) is 11.1 Å². The number of amides is 2. The molecule has 154 valence electrons. The van der Waals surface area contributed by atoms with Crippen LogP contribution in [0.2, 0.25) is 5.02 Å². The molecule has 7 nitrogen and oxygen atoms in total. The number of nitrogens with zero attached hydrogens (tertiary/aromatic N) is 3. The number of aryl methyl sites for hydroxylation is 1. The molecular weight excluding hydrogens is 390 g/mol. The first-order valence-corrected chi connectivity index (χ1v) is 10.7. The van der Waals surface area contributed by atoms with Crippen LogP contribution in [0.4, 0.5) is 5.82 Å². The number of carbonyl (C=O) groups excluding carboxylic acids is 2. The molecule has 29 heavy (non-hydrogen) atoms. The van der Waals surface area contributed by atoms with Gasteiger partial charge in [0, 0.05) is 48.4 Å². The zero-order valence-corrected chi connectivity index (χ0v) is 17.3. The van der Waals surface area contributed by atoms with Gasteiger partial charge in [-0.2, -0.15) is 5.10 Å². The average molecular weight is 416 g/mol. The van der Waals surface area contributed by atoms with Crippen molar-refractivity contribution in [2.45, 2.75) is 64.5 Å². The predicted octanol–water partition coefficient (Wildman–Crippen LogP) is 3.57. The van der Waals surface area contributed by atoms with E-state index in [9.17, 15) is 9.59 Å². The third kappa shape index (κ3) is 4.45. The van der Waals surface area contributed by atoms with Gasteiger partial charge in [0.25, 0.3) is 0 Å². The fraction of sp³-hybridized carbons (Fsp3) is 0.524. The van der Waals surface area contributed by atoms with E-state index in [1.165, 1.54) is 12.6 Å². The van der Waals surface area contributed by atoms with Gasteiger partial charge < -0.3 is 10.6 Å². The van der Waals surface area contributed by atoms with Gasteiger partial charge in [-0.3, -0.25) is 14.3 Å². The van der Waals surface area contributed by atoms with Crippen LogP contribution >= 0.6 is 11.6 Å². The molecule has 0 unspecified atom stereocenters. The lowest BCUT2D eigenvalue weighted by atomic mass is 9.85. The lowest BCUT2D eigenvalue weighted by molar-refractivity contribution is -0.123. The highest BCUT2D eigenvalue weighted by atomic mass is 35.5. The Morgan fingerprint density at radius 2 is 2.03 bits per heavy atom. The third-order valence-corrected chi connectivity index (χ3v) is 6.13. The maximum Gasteiger partial charge on any atom is 0.228 e. The fourth-order valence-corrected chi connectivity index (χ4v) is 4.64. The minimum Gasteiger partial charge on any atom is -0.354 e. The minimum atomic E-state index is -0.134. The van der Waals surface area contributed by atoms with E-state index in [2.05, 4.69) is 20.7 Å². The van der Waals surface area contributed by atoms with Gasteiger partial charge in [0.15, 0.2) is 0 Å². The summed E-state index contributed by atoms with van der Waals surface area (Å²) in [7, 11) is 0. The van der Waals surface area contributed by atoms with Gasteiger partial charge in [0.05, 0.1) is 11.2 Å². The zero-order chi connectivity index (χ0) is 20.4. The van der Waals surface area contributed by atoms with Gasteiger partial charge >= 0.3 is 0 Å². The maximum absolute atomic E-state index is 12.8. The molecule has 0 spiro atoms. The van der Waals surface area contributed by atoms with Gasteiger partial charge in [0.2, 0.25) is 11.8 Å². The first-order valence-electron chi connectivity index (χ1n) is 10.3. The Labute approximate surface area is 175 Å². The number of aromatic nitrogens is 3. The molecule has 2 aromatic rings. The third-order valence-electron chi connectivity index (χ3n) is 5.83. The molecule has 0 bridgehead atoms. The largest absolute Gasteiger partial charge is 0.354 e. The molecule has 2 N–H and O–H groups in total. The molecule has 1 fully saturated rings. The molecule has 8 heteroatoms. The average Bonchev–Trinajstić information content (AvgIpc) is 3.13. The maximum atomic E-state index is 12.8. The first kappa shape index (κ1) is 19.9. The van der Waals surface area contributed by atoms with E-state index in [0.717, 1.165) is 56.2 Å².